The van der Waals surface area contributed by atoms with E-state index in [0.717, 1.165) is 40.9 Å². The number of rotatable bonds is 4. The van der Waals surface area contributed by atoms with Crippen LogP contribution in [0.2, 0.25) is 0 Å². The number of hydrogen-bond acceptors (Lipinski definition) is 3. The van der Waals surface area contributed by atoms with Gasteiger partial charge in [0.1, 0.15) is 23.9 Å². The van der Waals surface area contributed by atoms with E-state index in [0.29, 0.717) is 18.9 Å². The first-order valence-electron chi connectivity index (χ1n) is 9.20. The van der Waals surface area contributed by atoms with Crippen LogP contribution in [-0.2, 0) is 6.61 Å². The smallest absolute Gasteiger partial charge is 0.127 e. The van der Waals surface area contributed by atoms with Crippen molar-refractivity contribution >= 4 is 5.57 Å². The number of halogens is 1. The van der Waals surface area contributed by atoms with Gasteiger partial charge in [0.15, 0.2) is 0 Å². The van der Waals surface area contributed by atoms with Crippen molar-refractivity contribution in [3.05, 3.63) is 64.5 Å². The van der Waals surface area contributed by atoms with E-state index in [1.807, 2.05) is 32.0 Å². The molecule has 0 fully saturated rings. The fourth-order valence-corrected chi connectivity index (χ4v) is 3.22. The van der Waals surface area contributed by atoms with E-state index in [2.05, 4.69) is 6.92 Å². The summed E-state index contributed by atoms with van der Waals surface area (Å²) in [6.45, 7) is 7.09. The number of hydrogen-bond donors (Lipinski definition) is 1. The van der Waals surface area contributed by atoms with Crippen molar-refractivity contribution in [3.63, 3.8) is 0 Å². The van der Waals surface area contributed by atoms with Crippen LogP contribution in [0.15, 0.2) is 42.0 Å². The molecule has 1 heterocycles. The predicted octanol–water partition coefficient (Wildman–Crippen LogP) is 5.31. The third-order valence-electron chi connectivity index (χ3n) is 4.40. The normalized spacial score (nSPS) is 14.1. The molecule has 0 radical (unpaired) electrons. The lowest BCUT2D eigenvalue weighted by molar-refractivity contribution is 0.306. The molecule has 1 aliphatic heterocycles. The SMILES string of the molecule is CC.CC/C(CCN)=C1\c2ccc(OC)cc2COc2ccc(F)cc21. The van der Waals surface area contributed by atoms with Gasteiger partial charge in [-0.2, -0.15) is 0 Å². The Bertz CT molecular complexity index is 784. The monoisotopic (exact) mass is 357 g/mol. The van der Waals surface area contributed by atoms with E-state index in [-0.39, 0.29) is 5.82 Å². The number of methoxy groups -OCH3 is 1. The van der Waals surface area contributed by atoms with Crippen LogP contribution >= 0.6 is 0 Å². The van der Waals surface area contributed by atoms with Gasteiger partial charge in [-0.05, 0) is 60.9 Å². The molecule has 0 amide bonds. The Hall–Kier alpha value is -2.33. The Balaban J connectivity index is 0.00000117. The minimum absolute atomic E-state index is 0.269. The molecule has 3 rings (SSSR count). The van der Waals surface area contributed by atoms with Crippen LogP contribution in [0.4, 0.5) is 4.39 Å². The first-order valence-corrected chi connectivity index (χ1v) is 9.20. The van der Waals surface area contributed by atoms with Crippen LogP contribution in [0.1, 0.15) is 50.3 Å². The summed E-state index contributed by atoms with van der Waals surface area (Å²) in [5.74, 6) is 1.21. The van der Waals surface area contributed by atoms with Crippen LogP contribution in [0.25, 0.3) is 5.57 Å². The topological polar surface area (TPSA) is 44.5 Å². The molecule has 3 nitrogen and oxygen atoms in total. The molecule has 0 spiro atoms. The molecule has 26 heavy (non-hydrogen) atoms. The average Bonchev–Trinajstić information content (AvgIpc) is 2.83. The molecular formula is C22H28FNO2. The fraction of sp³-hybridized carbons (Fsp3) is 0.364. The Morgan fingerprint density at radius 1 is 1.15 bits per heavy atom. The molecule has 0 aliphatic carbocycles. The predicted molar refractivity (Wildman–Crippen MR) is 105 cm³/mol. The second-order valence-corrected chi connectivity index (χ2v) is 5.82. The summed E-state index contributed by atoms with van der Waals surface area (Å²) in [6, 6.07) is 10.6. The molecule has 0 atom stereocenters. The Kier molecular flexibility index (Phi) is 7.22. The maximum Gasteiger partial charge on any atom is 0.127 e. The zero-order chi connectivity index (χ0) is 19.1. The first kappa shape index (κ1) is 20.0. The van der Waals surface area contributed by atoms with Gasteiger partial charge in [-0.25, -0.2) is 4.39 Å². The van der Waals surface area contributed by atoms with E-state index < -0.39 is 0 Å². The summed E-state index contributed by atoms with van der Waals surface area (Å²) in [5, 5.41) is 0. The van der Waals surface area contributed by atoms with Crippen molar-refractivity contribution in [2.75, 3.05) is 13.7 Å². The molecule has 0 aromatic heterocycles. The number of ether oxygens (including phenoxy) is 2. The lowest BCUT2D eigenvalue weighted by Crippen LogP contribution is -2.04. The van der Waals surface area contributed by atoms with Gasteiger partial charge in [0.2, 0.25) is 0 Å². The summed E-state index contributed by atoms with van der Waals surface area (Å²) < 4.78 is 25.2. The molecule has 2 N–H and O–H groups in total. The van der Waals surface area contributed by atoms with E-state index in [9.17, 15) is 4.39 Å². The van der Waals surface area contributed by atoms with Gasteiger partial charge in [-0.1, -0.05) is 32.4 Å². The summed E-state index contributed by atoms with van der Waals surface area (Å²) in [5.41, 5.74) is 10.9. The zero-order valence-electron chi connectivity index (χ0n) is 16.1. The van der Waals surface area contributed by atoms with Crippen molar-refractivity contribution in [2.24, 2.45) is 5.73 Å². The van der Waals surface area contributed by atoms with Crippen molar-refractivity contribution in [1.82, 2.24) is 0 Å². The summed E-state index contributed by atoms with van der Waals surface area (Å²) >= 11 is 0. The summed E-state index contributed by atoms with van der Waals surface area (Å²) in [6.07, 6.45) is 1.63. The van der Waals surface area contributed by atoms with E-state index in [1.165, 1.54) is 11.6 Å². The van der Waals surface area contributed by atoms with Crippen LogP contribution in [0, 0.1) is 5.82 Å². The molecular weight excluding hydrogens is 329 g/mol. The van der Waals surface area contributed by atoms with Gasteiger partial charge >= 0.3 is 0 Å². The minimum Gasteiger partial charge on any atom is -0.497 e. The van der Waals surface area contributed by atoms with Gasteiger partial charge < -0.3 is 15.2 Å². The highest BCUT2D eigenvalue weighted by Gasteiger charge is 2.22. The quantitative estimate of drug-likeness (QED) is 0.806. The van der Waals surface area contributed by atoms with Gasteiger partial charge in [-0.3, -0.25) is 0 Å². The molecule has 0 bridgehead atoms. The van der Waals surface area contributed by atoms with E-state index >= 15 is 0 Å². The molecule has 0 unspecified atom stereocenters. The van der Waals surface area contributed by atoms with Crippen LogP contribution in [0.5, 0.6) is 11.5 Å². The molecule has 0 saturated carbocycles. The number of benzene rings is 2. The van der Waals surface area contributed by atoms with Crippen molar-refractivity contribution < 1.29 is 13.9 Å². The van der Waals surface area contributed by atoms with Crippen molar-refractivity contribution in [3.8, 4) is 11.5 Å². The largest absolute Gasteiger partial charge is 0.497 e. The van der Waals surface area contributed by atoms with E-state index in [4.69, 9.17) is 15.2 Å². The minimum atomic E-state index is -0.269. The zero-order valence-corrected chi connectivity index (χ0v) is 16.1. The van der Waals surface area contributed by atoms with Gasteiger partial charge in [0, 0.05) is 11.1 Å². The molecule has 2 aromatic rings. The van der Waals surface area contributed by atoms with Crippen molar-refractivity contribution in [2.45, 2.75) is 40.2 Å². The molecule has 2 aromatic carbocycles. The standard InChI is InChI=1S/C20H22FNO2.C2H6/c1-3-13(8-9-22)20-17-6-5-16(23-2)10-14(17)12-24-19-7-4-15(21)11-18(19)20;1-2/h4-7,10-11H,3,8-9,12,22H2,1-2H3;1-2H3/b20-13-;. The molecule has 140 valence electrons. The van der Waals surface area contributed by atoms with Gasteiger partial charge in [-0.15, -0.1) is 0 Å². The molecule has 0 saturated heterocycles. The lowest BCUT2D eigenvalue weighted by Gasteiger charge is -2.16. The highest BCUT2D eigenvalue weighted by molar-refractivity contribution is 5.87. The highest BCUT2D eigenvalue weighted by atomic mass is 19.1. The second-order valence-electron chi connectivity index (χ2n) is 5.82. The average molecular weight is 357 g/mol. The maximum absolute atomic E-state index is 13.9. The Labute approximate surface area is 155 Å². The summed E-state index contributed by atoms with van der Waals surface area (Å²) in [7, 11) is 1.64. The van der Waals surface area contributed by atoms with Crippen molar-refractivity contribution in [1.29, 1.82) is 0 Å². The number of fused-ring (bicyclic) bond motifs is 2. The van der Waals surface area contributed by atoms with Crippen LogP contribution < -0.4 is 15.2 Å². The van der Waals surface area contributed by atoms with E-state index in [1.54, 1.807) is 19.2 Å². The third kappa shape index (κ3) is 4.07. The fourth-order valence-electron chi connectivity index (χ4n) is 3.22. The van der Waals surface area contributed by atoms with Gasteiger partial charge in [0.25, 0.3) is 0 Å². The Morgan fingerprint density at radius 2 is 1.92 bits per heavy atom. The molecule has 1 aliphatic rings. The third-order valence-corrected chi connectivity index (χ3v) is 4.40. The number of nitrogens with two attached hydrogens (primary N) is 1. The second kappa shape index (κ2) is 9.39. The molecule has 4 heteroatoms. The van der Waals surface area contributed by atoms with Crippen LogP contribution in [-0.4, -0.2) is 13.7 Å². The summed E-state index contributed by atoms with van der Waals surface area (Å²) in [4.78, 5) is 0. The highest BCUT2D eigenvalue weighted by Crippen LogP contribution is 2.41. The first-order chi connectivity index (χ1) is 12.7. The lowest BCUT2D eigenvalue weighted by atomic mass is 9.88. The maximum atomic E-state index is 13.9. The van der Waals surface area contributed by atoms with Gasteiger partial charge in [0.05, 0.1) is 7.11 Å². The Morgan fingerprint density at radius 3 is 2.58 bits per heavy atom. The van der Waals surface area contributed by atoms with Crippen LogP contribution in [0.3, 0.4) is 0 Å².